The monoisotopic (exact) mass is 257 g/mol. The van der Waals surface area contributed by atoms with Crippen molar-refractivity contribution in [3.05, 3.63) is 29.8 Å². The van der Waals surface area contributed by atoms with E-state index in [2.05, 4.69) is 5.32 Å². The molecule has 0 bridgehead atoms. The molecule has 0 fully saturated rings. The van der Waals surface area contributed by atoms with Gasteiger partial charge in [0, 0.05) is 0 Å². The first-order valence-electron chi connectivity index (χ1n) is 6.32. The molecule has 0 spiro atoms. The summed E-state index contributed by atoms with van der Waals surface area (Å²) in [5.41, 5.74) is 0.566. The zero-order valence-electron chi connectivity index (χ0n) is 11.1. The first-order chi connectivity index (χ1) is 8.54. The number of alkyl halides is 2. The van der Waals surface area contributed by atoms with Gasteiger partial charge in [0.05, 0.1) is 12.1 Å². The molecule has 0 radical (unpaired) electrons. The van der Waals surface area contributed by atoms with Gasteiger partial charge in [0.15, 0.2) is 0 Å². The molecular formula is C14H21F2NO. The van der Waals surface area contributed by atoms with Crippen LogP contribution in [-0.4, -0.2) is 19.1 Å². The lowest BCUT2D eigenvalue weighted by molar-refractivity contribution is 0.0983. The van der Waals surface area contributed by atoms with Crippen molar-refractivity contribution in [2.24, 2.45) is 0 Å². The maximum atomic E-state index is 13.0. The van der Waals surface area contributed by atoms with Gasteiger partial charge in [-0.3, -0.25) is 0 Å². The molecule has 1 N–H and O–H groups in total. The fraction of sp³-hybridized carbons (Fsp3) is 0.571. The van der Waals surface area contributed by atoms with Crippen LogP contribution < -0.4 is 10.1 Å². The van der Waals surface area contributed by atoms with Crippen LogP contribution in [0.25, 0.3) is 0 Å². The lowest BCUT2D eigenvalue weighted by atomic mass is 10.1. The minimum Gasteiger partial charge on any atom is -0.491 e. The smallest absolute Gasteiger partial charge is 0.257 e. The third kappa shape index (κ3) is 4.61. The first-order valence-corrected chi connectivity index (χ1v) is 6.32. The van der Waals surface area contributed by atoms with Crippen molar-refractivity contribution >= 4 is 0 Å². The number of hydrogen-bond acceptors (Lipinski definition) is 2. The van der Waals surface area contributed by atoms with Crippen molar-refractivity contribution in [2.45, 2.75) is 45.8 Å². The molecule has 102 valence electrons. The maximum Gasteiger partial charge on any atom is 0.257 e. The predicted molar refractivity (Wildman–Crippen MR) is 69.2 cm³/mol. The van der Waals surface area contributed by atoms with Crippen LogP contribution in [0, 0.1) is 0 Å². The summed E-state index contributed by atoms with van der Waals surface area (Å²) < 4.78 is 31.5. The molecule has 4 heteroatoms. The van der Waals surface area contributed by atoms with Crippen LogP contribution in [0.15, 0.2) is 24.3 Å². The van der Waals surface area contributed by atoms with Gasteiger partial charge in [0.1, 0.15) is 5.75 Å². The Morgan fingerprint density at radius 2 is 2.00 bits per heavy atom. The molecule has 1 aromatic rings. The quantitative estimate of drug-likeness (QED) is 0.802. The van der Waals surface area contributed by atoms with Crippen LogP contribution >= 0.6 is 0 Å². The van der Waals surface area contributed by atoms with E-state index in [0.29, 0.717) is 17.9 Å². The largest absolute Gasteiger partial charge is 0.491 e. The average molecular weight is 257 g/mol. The van der Waals surface area contributed by atoms with Gasteiger partial charge < -0.3 is 10.1 Å². The lowest BCUT2D eigenvalue weighted by Crippen LogP contribution is -2.28. The number of nitrogens with one attached hydrogen (secondary N) is 1. The van der Waals surface area contributed by atoms with Crippen LogP contribution in [0.2, 0.25) is 0 Å². The summed E-state index contributed by atoms with van der Waals surface area (Å²) in [7, 11) is 0. The van der Waals surface area contributed by atoms with Crippen LogP contribution in [0.4, 0.5) is 8.78 Å². The Morgan fingerprint density at radius 3 is 2.56 bits per heavy atom. The molecule has 18 heavy (non-hydrogen) atoms. The molecule has 0 aliphatic rings. The van der Waals surface area contributed by atoms with Gasteiger partial charge >= 0.3 is 0 Å². The van der Waals surface area contributed by atoms with Crippen molar-refractivity contribution in [2.75, 3.05) is 6.54 Å². The SMILES string of the molecule is CCCNC(c1cccc(OC(C)C)c1)C(F)F. The summed E-state index contributed by atoms with van der Waals surface area (Å²) >= 11 is 0. The van der Waals surface area contributed by atoms with E-state index in [1.165, 1.54) is 0 Å². The molecule has 1 rings (SSSR count). The van der Waals surface area contributed by atoms with Gasteiger partial charge in [-0.1, -0.05) is 19.1 Å². The van der Waals surface area contributed by atoms with Gasteiger partial charge in [-0.25, -0.2) is 8.78 Å². The van der Waals surface area contributed by atoms with E-state index in [1.807, 2.05) is 20.8 Å². The molecule has 1 aromatic carbocycles. The fourth-order valence-electron chi connectivity index (χ4n) is 1.71. The van der Waals surface area contributed by atoms with Crippen molar-refractivity contribution in [1.29, 1.82) is 0 Å². The second kappa shape index (κ2) is 7.31. The predicted octanol–water partition coefficient (Wildman–Crippen LogP) is 3.78. The van der Waals surface area contributed by atoms with E-state index >= 15 is 0 Å². The van der Waals surface area contributed by atoms with Gasteiger partial charge in [-0.15, -0.1) is 0 Å². The Morgan fingerprint density at radius 1 is 1.28 bits per heavy atom. The van der Waals surface area contributed by atoms with Gasteiger partial charge in [-0.2, -0.15) is 0 Å². The number of halogens is 2. The molecule has 0 heterocycles. The van der Waals surface area contributed by atoms with Crippen molar-refractivity contribution in [3.8, 4) is 5.75 Å². The molecule has 0 saturated heterocycles. The fourth-order valence-corrected chi connectivity index (χ4v) is 1.71. The molecule has 1 unspecified atom stereocenters. The Kier molecular flexibility index (Phi) is 6.05. The molecule has 2 nitrogen and oxygen atoms in total. The zero-order valence-corrected chi connectivity index (χ0v) is 11.1. The van der Waals surface area contributed by atoms with Gasteiger partial charge in [-0.05, 0) is 44.5 Å². The van der Waals surface area contributed by atoms with Crippen LogP contribution in [-0.2, 0) is 0 Å². The van der Waals surface area contributed by atoms with Crippen molar-refractivity contribution < 1.29 is 13.5 Å². The standard InChI is InChI=1S/C14H21F2NO/c1-4-8-17-13(14(15)16)11-6-5-7-12(9-11)18-10(2)3/h5-7,9-10,13-14,17H,4,8H2,1-3H3. The molecule has 0 aliphatic heterocycles. The van der Waals surface area contributed by atoms with E-state index in [4.69, 9.17) is 4.74 Å². The molecule has 0 aromatic heterocycles. The van der Waals surface area contributed by atoms with E-state index < -0.39 is 12.5 Å². The van der Waals surface area contributed by atoms with E-state index in [1.54, 1.807) is 24.3 Å². The van der Waals surface area contributed by atoms with Crippen molar-refractivity contribution in [3.63, 3.8) is 0 Å². The minimum atomic E-state index is -2.43. The average Bonchev–Trinajstić information content (AvgIpc) is 2.28. The third-order valence-corrected chi connectivity index (χ3v) is 2.46. The Hall–Kier alpha value is -1.16. The number of benzene rings is 1. The molecule has 0 aliphatic carbocycles. The highest BCUT2D eigenvalue weighted by molar-refractivity contribution is 5.31. The molecule has 0 saturated carbocycles. The van der Waals surface area contributed by atoms with Gasteiger partial charge in [0.2, 0.25) is 0 Å². The highest BCUT2D eigenvalue weighted by Gasteiger charge is 2.21. The summed E-state index contributed by atoms with van der Waals surface area (Å²) in [5, 5.41) is 2.86. The topological polar surface area (TPSA) is 21.3 Å². The second-order valence-electron chi connectivity index (χ2n) is 4.51. The molecular weight excluding hydrogens is 236 g/mol. The molecule has 1 atom stereocenters. The molecule has 0 amide bonds. The van der Waals surface area contributed by atoms with Crippen LogP contribution in [0.3, 0.4) is 0 Å². The summed E-state index contributed by atoms with van der Waals surface area (Å²) in [6.07, 6.45) is -1.56. The summed E-state index contributed by atoms with van der Waals surface area (Å²) in [6, 6.07) is 5.98. The van der Waals surface area contributed by atoms with E-state index in [9.17, 15) is 8.78 Å². The van der Waals surface area contributed by atoms with Crippen LogP contribution in [0.5, 0.6) is 5.75 Å². The number of rotatable bonds is 7. The Bertz CT molecular complexity index is 355. The third-order valence-electron chi connectivity index (χ3n) is 2.46. The Labute approximate surface area is 107 Å². The van der Waals surface area contributed by atoms with Gasteiger partial charge in [0.25, 0.3) is 6.43 Å². The normalized spacial score (nSPS) is 13.1. The minimum absolute atomic E-state index is 0.0360. The summed E-state index contributed by atoms with van der Waals surface area (Å²) in [5.74, 6) is 0.631. The number of hydrogen-bond donors (Lipinski definition) is 1. The second-order valence-corrected chi connectivity index (χ2v) is 4.51. The van der Waals surface area contributed by atoms with Crippen LogP contribution in [0.1, 0.15) is 38.8 Å². The first kappa shape index (κ1) is 14.9. The highest BCUT2D eigenvalue weighted by Crippen LogP contribution is 2.24. The zero-order chi connectivity index (χ0) is 13.5. The summed E-state index contributed by atoms with van der Waals surface area (Å²) in [4.78, 5) is 0. The van der Waals surface area contributed by atoms with Crippen molar-refractivity contribution in [1.82, 2.24) is 5.32 Å². The lowest BCUT2D eigenvalue weighted by Gasteiger charge is -2.19. The van der Waals surface area contributed by atoms with E-state index in [0.717, 1.165) is 6.42 Å². The Balaban J connectivity index is 2.83. The van der Waals surface area contributed by atoms with E-state index in [-0.39, 0.29) is 6.10 Å². The highest BCUT2D eigenvalue weighted by atomic mass is 19.3. The maximum absolute atomic E-state index is 13.0. The summed E-state index contributed by atoms with van der Waals surface area (Å²) in [6.45, 7) is 6.34. The number of ether oxygens (including phenoxy) is 1.